The number of H-pyrrole nitrogens is 1. The van der Waals surface area contributed by atoms with Gasteiger partial charge in [-0.15, -0.1) is 0 Å². The fourth-order valence-electron chi connectivity index (χ4n) is 2.72. The molecule has 28 heavy (non-hydrogen) atoms. The van der Waals surface area contributed by atoms with Crippen molar-refractivity contribution in [2.45, 2.75) is 6.42 Å². The molecule has 0 bridgehead atoms. The van der Waals surface area contributed by atoms with Gasteiger partial charge in [0.2, 0.25) is 11.6 Å². The van der Waals surface area contributed by atoms with Crippen LogP contribution in [0.5, 0.6) is 11.5 Å². The molecule has 2 heterocycles. The molecule has 1 N–H and O–H groups in total. The van der Waals surface area contributed by atoms with Gasteiger partial charge < -0.3 is 9.30 Å². The lowest BCUT2D eigenvalue weighted by Crippen LogP contribution is -2.08. The van der Waals surface area contributed by atoms with Crippen LogP contribution in [0.1, 0.15) is 16.2 Å². The number of ether oxygens (including phenoxy) is 1. The van der Waals surface area contributed by atoms with Crippen molar-refractivity contribution in [1.82, 2.24) is 19.7 Å². The molecule has 142 valence electrons. The van der Waals surface area contributed by atoms with Crippen LogP contribution in [0.2, 0.25) is 10.0 Å². The summed E-state index contributed by atoms with van der Waals surface area (Å²) in [5.74, 6) is -0.580. The molecule has 0 atom stereocenters. The first-order valence-corrected chi connectivity index (χ1v) is 8.82. The Morgan fingerprint density at radius 1 is 1.25 bits per heavy atom. The van der Waals surface area contributed by atoms with E-state index in [4.69, 9.17) is 27.9 Å². The van der Waals surface area contributed by atoms with E-state index >= 15 is 0 Å². The zero-order chi connectivity index (χ0) is 19.8. The second-order valence-electron chi connectivity index (χ2n) is 6.04. The largest absolute Gasteiger partial charge is 0.454 e. The van der Waals surface area contributed by atoms with Gasteiger partial charge in [0.05, 0.1) is 27.4 Å². The lowest BCUT2D eigenvalue weighted by Gasteiger charge is -2.11. The number of ketones is 1. The van der Waals surface area contributed by atoms with E-state index in [0.29, 0.717) is 11.3 Å². The monoisotopic (exact) mass is 418 g/mol. The quantitative estimate of drug-likeness (QED) is 0.494. The van der Waals surface area contributed by atoms with E-state index in [0.717, 1.165) is 11.0 Å². The summed E-state index contributed by atoms with van der Waals surface area (Å²) >= 11 is 12.6. The Morgan fingerprint density at radius 3 is 2.68 bits per heavy atom. The number of benzene rings is 2. The maximum atomic E-state index is 12.1. The fourth-order valence-corrected chi connectivity index (χ4v) is 3.33. The minimum Gasteiger partial charge on any atom is -0.454 e. The number of rotatable bonds is 5. The number of nitrogens with one attached hydrogen (secondary N) is 1. The number of Topliss-reactive ketones (excluding diaryl/α,β-unsaturated/α-hetero) is 1. The molecule has 2 aromatic heterocycles. The predicted molar refractivity (Wildman–Crippen MR) is 102 cm³/mol. The van der Waals surface area contributed by atoms with Crippen molar-refractivity contribution in [2.75, 3.05) is 0 Å². The molecular formula is C18H12Cl2N4O4. The lowest BCUT2D eigenvalue weighted by atomic mass is 10.1. The Bertz CT molecular complexity index is 1230. The van der Waals surface area contributed by atoms with E-state index in [-0.39, 0.29) is 28.0 Å². The van der Waals surface area contributed by atoms with Gasteiger partial charge in [-0.1, -0.05) is 28.4 Å². The molecule has 0 saturated heterocycles. The number of aromatic nitrogens is 4. The highest BCUT2D eigenvalue weighted by atomic mass is 35.5. The minimum absolute atomic E-state index is 0.0663. The van der Waals surface area contributed by atoms with Crippen LogP contribution in [0.15, 0.2) is 46.0 Å². The van der Waals surface area contributed by atoms with Crippen LogP contribution < -0.4 is 10.5 Å². The number of nitrogens with zero attached hydrogens (tertiary/aromatic N) is 3. The Hall–Kier alpha value is -3.10. The van der Waals surface area contributed by atoms with Crippen molar-refractivity contribution >= 4 is 40.0 Å². The number of hydrogen-bond acceptors (Lipinski definition) is 6. The van der Waals surface area contributed by atoms with Crippen molar-refractivity contribution in [3.63, 3.8) is 0 Å². The molecule has 0 radical (unpaired) electrons. The van der Waals surface area contributed by atoms with Crippen LogP contribution in [0.3, 0.4) is 0 Å². The van der Waals surface area contributed by atoms with Gasteiger partial charge >= 0.3 is 5.76 Å². The maximum Gasteiger partial charge on any atom is 0.439 e. The lowest BCUT2D eigenvalue weighted by molar-refractivity contribution is 0.0980. The van der Waals surface area contributed by atoms with Crippen molar-refractivity contribution in [2.24, 2.45) is 7.05 Å². The second-order valence-corrected chi connectivity index (χ2v) is 6.85. The summed E-state index contributed by atoms with van der Waals surface area (Å²) in [4.78, 5) is 29.6. The summed E-state index contributed by atoms with van der Waals surface area (Å²) in [6.07, 6.45) is 1.64. The first-order chi connectivity index (χ1) is 13.4. The summed E-state index contributed by atoms with van der Waals surface area (Å²) < 4.78 is 12.1. The standard InChI is InChI=1S/C18H12Cl2N4O4/c1-24-8-21-13-3-2-10(7-14(13)24)27-16-11(19)4-9(5-12(16)20)6-15(25)17-22-18(26)28-23-17/h2-5,7-8H,6H2,1H3,(H,22,23,26). The van der Waals surface area contributed by atoms with Crippen LogP contribution in [0.4, 0.5) is 0 Å². The van der Waals surface area contributed by atoms with Gasteiger partial charge in [0.25, 0.3) is 0 Å². The molecule has 0 amide bonds. The third-order valence-corrected chi connectivity index (χ3v) is 4.61. The molecule has 0 spiro atoms. The zero-order valence-electron chi connectivity index (χ0n) is 14.4. The molecular weight excluding hydrogens is 407 g/mol. The molecule has 10 heteroatoms. The number of hydrogen-bond donors (Lipinski definition) is 1. The van der Waals surface area contributed by atoms with Gasteiger partial charge in [0.15, 0.2) is 5.75 Å². The third kappa shape index (κ3) is 3.51. The number of aromatic amines is 1. The first-order valence-electron chi connectivity index (χ1n) is 8.07. The smallest absolute Gasteiger partial charge is 0.439 e. The summed E-state index contributed by atoms with van der Waals surface area (Å²) in [6, 6.07) is 8.56. The normalized spacial score (nSPS) is 11.1. The molecule has 0 aliphatic rings. The van der Waals surface area contributed by atoms with E-state index in [1.165, 1.54) is 0 Å². The van der Waals surface area contributed by atoms with Gasteiger partial charge in [-0.2, -0.15) is 0 Å². The van der Waals surface area contributed by atoms with Crippen LogP contribution in [-0.4, -0.2) is 25.5 Å². The highest BCUT2D eigenvalue weighted by molar-refractivity contribution is 6.37. The molecule has 4 rings (SSSR count). The van der Waals surface area contributed by atoms with Crippen molar-refractivity contribution in [3.05, 3.63) is 68.6 Å². The summed E-state index contributed by atoms with van der Waals surface area (Å²) in [5.41, 5.74) is 2.28. The second kappa shape index (κ2) is 7.14. The molecule has 0 aliphatic heterocycles. The van der Waals surface area contributed by atoms with Crippen LogP contribution in [0.25, 0.3) is 11.0 Å². The Kier molecular flexibility index (Phi) is 4.66. The Labute approximate surface area is 167 Å². The summed E-state index contributed by atoms with van der Waals surface area (Å²) in [6.45, 7) is 0. The third-order valence-electron chi connectivity index (χ3n) is 4.04. The summed E-state index contributed by atoms with van der Waals surface area (Å²) in [7, 11) is 1.88. The summed E-state index contributed by atoms with van der Waals surface area (Å²) in [5, 5.41) is 3.86. The van der Waals surface area contributed by atoms with Gasteiger partial charge in [-0.3, -0.25) is 14.3 Å². The SMILES string of the molecule is Cn1cnc2ccc(Oc3c(Cl)cc(CC(=O)c4noc(=O)[nH]4)cc3Cl)cc21. The molecule has 0 fully saturated rings. The molecule has 0 saturated carbocycles. The number of carbonyl (C=O) groups excluding carboxylic acids is 1. The number of fused-ring (bicyclic) bond motifs is 1. The average molecular weight is 419 g/mol. The van der Waals surface area contributed by atoms with Gasteiger partial charge in [-0.05, 0) is 29.8 Å². The topological polar surface area (TPSA) is 103 Å². The minimum atomic E-state index is -0.798. The van der Waals surface area contributed by atoms with Crippen LogP contribution in [-0.2, 0) is 13.5 Å². The first kappa shape index (κ1) is 18.3. The number of carbonyl (C=O) groups is 1. The predicted octanol–water partition coefficient (Wildman–Crippen LogP) is 3.77. The van der Waals surface area contributed by atoms with Crippen molar-refractivity contribution in [1.29, 1.82) is 0 Å². The van der Waals surface area contributed by atoms with E-state index < -0.39 is 11.5 Å². The van der Waals surface area contributed by atoms with Gasteiger partial charge in [-0.25, -0.2) is 9.78 Å². The Balaban J connectivity index is 1.59. The van der Waals surface area contributed by atoms with E-state index in [9.17, 15) is 9.59 Å². The zero-order valence-corrected chi connectivity index (χ0v) is 15.9. The fraction of sp³-hybridized carbons (Fsp3) is 0.111. The highest BCUT2D eigenvalue weighted by Gasteiger charge is 2.17. The number of aryl methyl sites for hydroxylation is 1. The number of imidazole rings is 1. The average Bonchev–Trinajstić information content (AvgIpc) is 3.24. The highest BCUT2D eigenvalue weighted by Crippen LogP contribution is 2.38. The molecule has 0 unspecified atom stereocenters. The molecule has 0 aliphatic carbocycles. The molecule has 8 nitrogen and oxygen atoms in total. The van der Waals surface area contributed by atoms with Gasteiger partial charge in [0, 0.05) is 19.5 Å². The van der Waals surface area contributed by atoms with E-state index in [1.54, 1.807) is 24.5 Å². The van der Waals surface area contributed by atoms with Gasteiger partial charge in [0.1, 0.15) is 5.75 Å². The van der Waals surface area contributed by atoms with Crippen LogP contribution in [0, 0.1) is 0 Å². The van der Waals surface area contributed by atoms with E-state index in [1.807, 2.05) is 23.7 Å². The van der Waals surface area contributed by atoms with Crippen molar-refractivity contribution < 1.29 is 14.1 Å². The Morgan fingerprint density at radius 2 is 2.00 bits per heavy atom. The van der Waals surface area contributed by atoms with E-state index in [2.05, 4.69) is 19.6 Å². The van der Waals surface area contributed by atoms with Crippen molar-refractivity contribution in [3.8, 4) is 11.5 Å². The maximum absolute atomic E-state index is 12.1. The molecule has 4 aromatic rings. The molecule has 2 aromatic carbocycles. The van der Waals surface area contributed by atoms with Crippen LogP contribution >= 0.6 is 23.2 Å². The number of halogens is 2.